The molecule has 0 heterocycles. The van der Waals surface area contributed by atoms with Gasteiger partial charge in [0.05, 0.1) is 0 Å². The highest BCUT2D eigenvalue weighted by Crippen LogP contribution is 2.72. The number of Topliss-reactive ketones (excluding diaryl/α,β-unsaturated/α-hetero) is 2. The smallest absolute Gasteiger partial charge is 0.162 e. The molecule has 0 N–H and O–H groups in total. The molecular formula is C30H46O3. The van der Waals surface area contributed by atoms with E-state index in [0.717, 1.165) is 50.5 Å². The van der Waals surface area contributed by atoms with Crippen molar-refractivity contribution in [3.8, 4) is 0 Å². The molecule has 0 radical (unpaired) electrons. The lowest BCUT2D eigenvalue weighted by Gasteiger charge is -2.69. The van der Waals surface area contributed by atoms with Gasteiger partial charge >= 0.3 is 0 Å². The van der Waals surface area contributed by atoms with Crippen LogP contribution < -0.4 is 0 Å². The zero-order valence-corrected chi connectivity index (χ0v) is 22.3. The van der Waals surface area contributed by atoms with Crippen molar-refractivity contribution in [2.75, 3.05) is 0 Å². The van der Waals surface area contributed by atoms with Crippen LogP contribution in [-0.4, -0.2) is 17.3 Å². The molecule has 1 unspecified atom stereocenters. The molecule has 0 aromatic rings. The van der Waals surface area contributed by atoms with E-state index in [-0.39, 0.29) is 51.0 Å². The van der Waals surface area contributed by atoms with Crippen LogP contribution in [0.2, 0.25) is 0 Å². The van der Waals surface area contributed by atoms with E-state index in [2.05, 4.69) is 48.5 Å². The van der Waals surface area contributed by atoms with Gasteiger partial charge in [0.1, 0.15) is 5.78 Å². The molecule has 3 fully saturated rings. The Labute approximate surface area is 201 Å². The number of hydrogen-bond acceptors (Lipinski definition) is 3. The van der Waals surface area contributed by atoms with E-state index >= 15 is 0 Å². The predicted octanol–water partition coefficient (Wildman–Crippen LogP) is 6.98. The number of hydrogen-bond donors (Lipinski definition) is 0. The fourth-order valence-corrected chi connectivity index (χ4v) is 9.29. The van der Waals surface area contributed by atoms with Gasteiger partial charge < -0.3 is 0 Å². The van der Waals surface area contributed by atoms with Crippen LogP contribution in [0.1, 0.15) is 107 Å². The normalized spacial score (nSPS) is 47.4. The summed E-state index contributed by atoms with van der Waals surface area (Å²) in [5, 5.41) is 0. The molecule has 4 rings (SSSR count). The second-order valence-corrected chi connectivity index (χ2v) is 13.7. The van der Waals surface area contributed by atoms with Crippen LogP contribution in [0.5, 0.6) is 0 Å². The van der Waals surface area contributed by atoms with Crippen LogP contribution >= 0.6 is 0 Å². The second-order valence-electron chi connectivity index (χ2n) is 13.7. The van der Waals surface area contributed by atoms with Gasteiger partial charge in [-0.15, -0.1) is 0 Å². The molecule has 0 amide bonds. The zero-order chi connectivity index (χ0) is 24.6. The van der Waals surface area contributed by atoms with Gasteiger partial charge in [-0.05, 0) is 85.0 Å². The Morgan fingerprint density at radius 1 is 0.818 bits per heavy atom. The quantitative estimate of drug-likeness (QED) is 0.429. The number of rotatable bonds is 1. The lowest BCUT2D eigenvalue weighted by atomic mass is 9.34. The van der Waals surface area contributed by atoms with Gasteiger partial charge in [0.25, 0.3) is 0 Å². The average Bonchev–Trinajstić information content (AvgIpc) is 2.76. The maximum absolute atomic E-state index is 14.0. The van der Waals surface area contributed by atoms with Crippen LogP contribution in [-0.2, 0) is 14.4 Å². The van der Waals surface area contributed by atoms with Gasteiger partial charge in [-0.1, -0.05) is 55.4 Å². The summed E-state index contributed by atoms with van der Waals surface area (Å²) in [7, 11) is 0. The molecule has 184 valence electrons. The molecule has 3 nitrogen and oxygen atoms in total. The first-order chi connectivity index (χ1) is 15.2. The molecule has 33 heavy (non-hydrogen) atoms. The summed E-state index contributed by atoms with van der Waals surface area (Å²) >= 11 is 0. The summed E-state index contributed by atoms with van der Waals surface area (Å²) in [6.07, 6.45) is 9.30. The van der Waals surface area contributed by atoms with Crippen LogP contribution in [0.25, 0.3) is 0 Å². The highest BCUT2D eigenvalue weighted by atomic mass is 16.1. The topological polar surface area (TPSA) is 51.2 Å². The number of allylic oxidation sites excluding steroid dienone is 2. The first-order valence-corrected chi connectivity index (χ1v) is 13.5. The summed E-state index contributed by atoms with van der Waals surface area (Å²) in [5.74, 6) is 1.75. The van der Waals surface area contributed by atoms with Gasteiger partial charge in [-0.3, -0.25) is 14.4 Å². The fourth-order valence-electron chi connectivity index (χ4n) is 9.29. The molecule has 0 aromatic carbocycles. The van der Waals surface area contributed by atoms with Crippen LogP contribution in [0, 0.1) is 51.2 Å². The zero-order valence-electron chi connectivity index (χ0n) is 22.3. The maximum Gasteiger partial charge on any atom is 0.162 e. The molecule has 0 saturated heterocycles. The Kier molecular flexibility index (Phi) is 5.94. The van der Waals surface area contributed by atoms with E-state index < -0.39 is 0 Å². The third-order valence-electron chi connectivity index (χ3n) is 11.7. The Balaban J connectivity index is 1.80. The van der Waals surface area contributed by atoms with Gasteiger partial charge in [0, 0.05) is 29.2 Å². The summed E-state index contributed by atoms with van der Waals surface area (Å²) < 4.78 is 0. The van der Waals surface area contributed by atoms with Gasteiger partial charge in [0.2, 0.25) is 0 Å². The highest BCUT2D eigenvalue weighted by molar-refractivity contribution is 6.05. The lowest BCUT2D eigenvalue weighted by Crippen LogP contribution is -2.64. The number of carbonyl (C=O) groups is 3. The first-order valence-electron chi connectivity index (χ1n) is 13.5. The van der Waals surface area contributed by atoms with E-state index in [1.807, 2.05) is 6.92 Å². The minimum atomic E-state index is -0.255. The van der Waals surface area contributed by atoms with Gasteiger partial charge in [0.15, 0.2) is 11.6 Å². The molecule has 3 saturated carbocycles. The second kappa shape index (κ2) is 7.89. The summed E-state index contributed by atoms with van der Waals surface area (Å²) in [6, 6.07) is 0. The molecule has 0 aromatic heterocycles. The largest absolute Gasteiger partial charge is 0.299 e. The Morgan fingerprint density at radius 3 is 2.09 bits per heavy atom. The fraction of sp³-hybridized carbons (Fsp3) is 0.833. The summed E-state index contributed by atoms with van der Waals surface area (Å²) in [6.45, 7) is 17.9. The molecule has 4 aliphatic rings. The standard InChI is InChI=1S/C30H46O3/c1-18(2)20-17-22(31)19(3)11-15-29(7)21(26(20)33)9-10-24-28(6)14-13-25(32)27(4,5)23(28)12-16-30(24,29)8/h17-19,21,23-24H,9-16H2,1-8H3/b20-17-/t19?,21-,23+,24-,28+,29-,30-/m1/s1. The Bertz CT molecular complexity index is 894. The van der Waals surface area contributed by atoms with Gasteiger partial charge in [-0.25, -0.2) is 0 Å². The highest BCUT2D eigenvalue weighted by Gasteiger charge is 2.67. The van der Waals surface area contributed by atoms with Crippen molar-refractivity contribution < 1.29 is 14.4 Å². The molecular weight excluding hydrogens is 408 g/mol. The number of fused-ring (bicyclic) bond motifs is 5. The van der Waals surface area contributed by atoms with Crippen molar-refractivity contribution >= 4 is 17.3 Å². The SMILES string of the molecule is CC1CC[C@]2(C)[C@H](CC[C@@H]3[C@@]4(C)CCC(=O)C(C)(C)[C@@H]4CC[C@]32C)C(=O)/C(C(C)C)=C\C1=O. The molecule has 0 spiro atoms. The van der Waals surface area contributed by atoms with E-state index in [0.29, 0.717) is 24.0 Å². The molecule has 0 aliphatic heterocycles. The Morgan fingerprint density at radius 2 is 1.45 bits per heavy atom. The number of ketones is 3. The van der Waals surface area contributed by atoms with Crippen molar-refractivity contribution in [1.29, 1.82) is 0 Å². The van der Waals surface area contributed by atoms with Crippen LogP contribution in [0.4, 0.5) is 0 Å². The van der Waals surface area contributed by atoms with Crippen LogP contribution in [0.15, 0.2) is 11.6 Å². The maximum atomic E-state index is 14.0. The lowest BCUT2D eigenvalue weighted by molar-refractivity contribution is -0.207. The van der Waals surface area contributed by atoms with Crippen LogP contribution in [0.3, 0.4) is 0 Å². The van der Waals surface area contributed by atoms with E-state index in [1.165, 1.54) is 0 Å². The molecule has 3 heteroatoms. The molecule has 0 bridgehead atoms. The monoisotopic (exact) mass is 454 g/mol. The summed E-state index contributed by atoms with van der Waals surface area (Å²) in [5.41, 5.74) is 0.547. The number of carbonyl (C=O) groups excluding carboxylic acids is 3. The third kappa shape index (κ3) is 3.38. The first kappa shape index (κ1) is 24.9. The summed E-state index contributed by atoms with van der Waals surface area (Å²) in [4.78, 5) is 39.9. The van der Waals surface area contributed by atoms with Crippen molar-refractivity contribution in [2.45, 2.75) is 107 Å². The van der Waals surface area contributed by atoms with E-state index in [1.54, 1.807) is 6.08 Å². The minimum Gasteiger partial charge on any atom is -0.299 e. The Hall–Kier alpha value is -1.25. The van der Waals surface area contributed by atoms with Crippen molar-refractivity contribution in [3.63, 3.8) is 0 Å². The van der Waals surface area contributed by atoms with E-state index in [9.17, 15) is 14.4 Å². The average molecular weight is 455 g/mol. The van der Waals surface area contributed by atoms with Gasteiger partial charge in [-0.2, -0.15) is 0 Å². The molecule has 7 atom stereocenters. The van der Waals surface area contributed by atoms with Crippen molar-refractivity contribution in [3.05, 3.63) is 11.6 Å². The molecule has 4 aliphatic carbocycles. The van der Waals surface area contributed by atoms with Crippen molar-refractivity contribution in [1.82, 2.24) is 0 Å². The van der Waals surface area contributed by atoms with E-state index in [4.69, 9.17) is 0 Å². The predicted molar refractivity (Wildman–Crippen MR) is 133 cm³/mol. The van der Waals surface area contributed by atoms with Crippen molar-refractivity contribution in [2.24, 2.45) is 51.2 Å². The third-order valence-corrected chi connectivity index (χ3v) is 11.7. The minimum absolute atomic E-state index is 0.0103.